The van der Waals surface area contributed by atoms with E-state index in [1.54, 1.807) is 0 Å². The molecule has 0 radical (unpaired) electrons. The van der Waals surface area contributed by atoms with Crippen molar-refractivity contribution < 1.29 is 13.6 Å². The normalized spacial score (nSPS) is 9.78. The molecule has 0 spiro atoms. The molecule has 0 atom stereocenters. The Morgan fingerprint density at radius 1 is 0.944 bits per heavy atom. The fraction of sp³-hybridized carbons (Fsp3) is 0. The molecule has 2 rings (SSSR count). The maximum atomic E-state index is 11.6. The van der Waals surface area contributed by atoms with Crippen molar-refractivity contribution in [2.24, 2.45) is 0 Å². The summed E-state index contributed by atoms with van der Waals surface area (Å²) in [6.07, 6.45) is 5.68. The molecule has 8 heteroatoms. The second-order valence-electron chi connectivity index (χ2n) is 3.23. The number of nitrogens with two attached hydrogens (primary N) is 2. The molecule has 0 aliphatic heterocycles. The van der Waals surface area contributed by atoms with E-state index in [9.17, 15) is 4.57 Å². The number of hydrogen-bond acceptors (Lipinski definition) is 7. The van der Waals surface area contributed by atoms with Gasteiger partial charge in [0.25, 0.3) is 0 Å². The summed E-state index contributed by atoms with van der Waals surface area (Å²) < 4.78 is 21.7. The molecule has 0 unspecified atom stereocenters. The quantitative estimate of drug-likeness (QED) is 0.809. The first kappa shape index (κ1) is 12.1. The highest BCUT2D eigenvalue weighted by atomic mass is 31.1. The fourth-order valence-electron chi connectivity index (χ4n) is 1.11. The van der Waals surface area contributed by atoms with Crippen LogP contribution in [0.4, 0.5) is 11.4 Å². The zero-order valence-electron chi connectivity index (χ0n) is 9.19. The Hall–Kier alpha value is -2.40. The molecule has 2 aromatic heterocycles. The number of hydrogen-bond donors (Lipinski definition) is 2. The average Bonchev–Trinajstić information content (AvgIpc) is 2.35. The lowest BCUT2D eigenvalue weighted by Crippen LogP contribution is -1.96. The zero-order chi connectivity index (χ0) is 13.0. The van der Waals surface area contributed by atoms with Crippen molar-refractivity contribution in [3.05, 3.63) is 36.9 Å². The maximum Gasteiger partial charge on any atom is 0.805 e. The van der Waals surface area contributed by atoms with E-state index in [0.717, 1.165) is 0 Å². The average molecular weight is 265 g/mol. The van der Waals surface area contributed by atoms with Crippen LogP contribution in [0.1, 0.15) is 0 Å². The largest absolute Gasteiger partial charge is 0.805 e. The highest BCUT2D eigenvalue weighted by Crippen LogP contribution is 2.34. The summed E-state index contributed by atoms with van der Waals surface area (Å²) in [6.45, 7) is 0. The summed E-state index contributed by atoms with van der Waals surface area (Å²) >= 11 is 0. The Kier molecular flexibility index (Phi) is 3.54. The molecule has 0 aromatic carbocycles. The van der Waals surface area contributed by atoms with Crippen LogP contribution < -0.4 is 20.5 Å². The van der Waals surface area contributed by atoms with E-state index >= 15 is 0 Å². The third kappa shape index (κ3) is 2.83. The van der Waals surface area contributed by atoms with Gasteiger partial charge in [-0.15, -0.1) is 0 Å². The molecule has 7 nitrogen and oxygen atoms in total. The molecule has 0 saturated heterocycles. The lowest BCUT2D eigenvalue weighted by molar-refractivity contribution is 0.416. The molecule has 2 heterocycles. The van der Waals surface area contributed by atoms with E-state index in [-0.39, 0.29) is 11.5 Å². The van der Waals surface area contributed by atoms with Gasteiger partial charge in [-0.1, -0.05) is 0 Å². The Bertz CT molecular complexity index is 529. The molecule has 92 valence electrons. The van der Waals surface area contributed by atoms with Gasteiger partial charge in [0.1, 0.15) is 0 Å². The second-order valence-corrected chi connectivity index (χ2v) is 4.05. The molecule has 2 aromatic rings. The van der Waals surface area contributed by atoms with Crippen molar-refractivity contribution in [1.29, 1.82) is 0 Å². The van der Waals surface area contributed by atoms with Gasteiger partial charge in [-0.2, -0.15) is 0 Å². The molecule has 0 bridgehead atoms. The third-order valence-electron chi connectivity index (χ3n) is 1.98. The zero-order valence-corrected chi connectivity index (χ0v) is 10.1. The van der Waals surface area contributed by atoms with Gasteiger partial charge in [0.2, 0.25) is 11.5 Å². The molecule has 4 N–H and O–H groups in total. The van der Waals surface area contributed by atoms with Crippen molar-refractivity contribution in [2.75, 3.05) is 11.5 Å². The van der Waals surface area contributed by atoms with E-state index in [1.807, 2.05) is 0 Å². The van der Waals surface area contributed by atoms with Gasteiger partial charge in [-0.05, 0) is 12.1 Å². The van der Waals surface area contributed by atoms with Crippen molar-refractivity contribution in [3.8, 4) is 11.5 Å². The maximum absolute atomic E-state index is 11.6. The van der Waals surface area contributed by atoms with Crippen LogP contribution in [0.15, 0.2) is 36.9 Å². The lowest BCUT2D eigenvalue weighted by Gasteiger charge is -1.98. The minimum absolute atomic E-state index is 0.182. The van der Waals surface area contributed by atoms with Gasteiger partial charge in [0, 0.05) is 17.0 Å². The lowest BCUT2D eigenvalue weighted by atomic mass is 10.4. The number of anilines is 2. The molecule has 18 heavy (non-hydrogen) atoms. The van der Waals surface area contributed by atoms with E-state index in [4.69, 9.17) is 20.5 Å². The Balaban J connectivity index is 2.06. The van der Waals surface area contributed by atoms with Crippen LogP contribution in [0.2, 0.25) is 0 Å². The van der Waals surface area contributed by atoms with Gasteiger partial charge >= 0.3 is 8.25 Å². The first-order chi connectivity index (χ1) is 8.66. The Labute approximate surface area is 104 Å². The molecule has 0 fully saturated rings. The minimum Gasteiger partial charge on any atom is -0.395 e. The van der Waals surface area contributed by atoms with Gasteiger partial charge < -0.3 is 11.5 Å². The summed E-state index contributed by atoms with van der Waals surface area (Å²) in [5.74, 6) is 0.363. The van der Waals surface area contributed by atoms with Crippen LogP contribution in [0.3, 0.4) is 0 Å². The van der Waals surface area contributed by atoms with Crippen LogP contribution in [-0.2, 0) is 4.57 Å². The molecule has 0 aliphatic rings. The number of nitrogen functional groups attached to an aromatic ring is 2. The highest BCUT2D eigenvalue weighted by Gasteiger charge is 2.26. The number of rotatable bonds is 4. The van der Waals surface area contributed by atoms with Crippen LogP contribution in [0.5, 0.6) is 11.5 Å². The molecule has 0 amide bonds. The fourth-order valence-corrected chi connectivity index (χ4v) is 1.78. The second kappa shape index (κ2) is 5.29. The van der Waals surface area contributed by atoms with Crippen LogP contribution in [0.25, 0.3) is 0 Å². The predicted octanol–water partition coefficient (Wildman–Crippen LogP) is 1.76. The van der Waals surface area contributed by atoms with Crippen molar-refractivity contribution in [2.45, 2.75) is 0 Å². The van der Waals surface area contributed by atoms with Crippen LogP contribution >= 0.6 is 8.25 Å². The molecule has 0 saturated carbocycles. The Morgan fingerprint density at radius 2 is 1.39 bits per heavy atom. The third-order valence-corrected chi connectivity index (χ3v) is 2.67. The van der Waals surface area contributed by atoms with Gasteiger partial charge in [0.05, 0.1) is 23.8 Å². The summed E-state index contributed by atoms with van der Waals surface area (Å²) in [4.78, 5) is 7.59. The van der Waals surface area contributed by atoms with Gasteiger partial charge in [-0.25, -0.2) is 9.05 Å². The smallest absolute Gasteiger partial charge is 0.395 e. The van der Waals surface area contributed by atoms with E-state index < -0.39 is 8.25 Å². The molecular weight excluding hydrogens is 255 g/mol. The summed E-state index contributed by atoms with van der Waals surface area (Å²) in [5.41, 5.74) is 11.8. The van der Waals surface area contributed by atoms with Crippen molar-refractivity contribution in [1.82, 2.24) is 9.97 Å². The number of pyridine rings is 2. The van der Waals surface area contributed by atoms with E-state index in [0.29, 0.717) is 11.4 Å². The highest BCUT2D eigenvalue weighted by molar-refractivity contribution is 7.34. The summed E-state index contributed by atoms with van der Waals surface area (Å²) in [6, 6.07) is 3.05. The first-order valence-corrected chi connectivity index (χ1v) is 5.98. The van der Waals surface area contributed by atoms with E-state index in [1.165, 1.54) is 36.9 Å². The summed E-state index contributed by atoms with van der Waals surface area (Å²) in [7, 11) is -2.46. The number of aromatic nitrogens is 2. The standard InChI is InChI=1S/C10H10N4O3P/c11-7-1-3-13-5-9(7)16-18(15)17-10-6-14-4-2-8(10)12/h1-6H,(H2,11,13)(H2,12,14)/q+1. The monoisotopic (exact) mass is 265 g/mol. The SMILES string of the molecule is Nc1ccncc1O[P+](=O)Oc1cnccc1N. The number of nitrogens with zero attached hydrogens (tertiary/aromatic N) is 2. The minimum atomic E-state index is -2.46. The van der Waals surface area contributed by atoms with Gasteiger partial charge in [-0.3, -0.25) is 9.97 Å². The predicted molar refractivity (Wildman–Crippen MR) is 66.2 cm³/mol. The first-order valence-electron chi connectivity index (χ1n) is 4.89. The molecule has 0 aliphatic carbocycles. The van der Waals surface area contributed by atoms with Crippen molar-refractivity contribution >= 4 is 19.6 Å². The van der Waals surface area contributed by atoms with Gasteiger partial charge in [0.15, 0.2) is 0 Å². The summed E-state index contributed by atoms with van der Waals surface area (Å²) in [5, 5.41) is 0. The van der Waals surface area contributed by atoms with Crippen LogP contribution in [0, 0.1) is 0 Å². The molecular formula is C10H10N4O3P+. The topological polar surface area (TPSA) is 113 Å². The van der Waals surface area contributed by atoms with Crippen molar-refractivity contribution in [3.63, 3.8) is 0 Å². The van der Waals surface area contributed by atoms with Crippen LogP contribution in [-0.4, -0.2) is 9.97 Å². The van der Waals surface area contributed by atoms with E-state index in [2.05, 4.69) is 9.97 Å². The Morgan fingerprint density at radius 3 is 1.78 bits per heavy atom.